The molecule has 1 aromatic carbocycles. The van der Waals surface area contributed by atoms with Gasteiger partial charge in [-0.3, -0.25) is 0 Å². The molecule has 1 N–H and O–H groups in total. The Morgan fingerprint density at radius 3 is 2.35 bits per heavy atom. The molecule has 0 heterocycles. The van der Waals surface area contributed by atoms with E-state index in [9.17, 15) is 0 Å². The van der Waals surface area contributed by atoms with Crippen LogP contribution in [0.2, 0.25) is 0 Å². The molecule has 0 aliphatic heterocycles. The molecular formula is C12H16I3NO. The van der Waals surface area contributed by atoms with E-state index in [1.165, 1.54) is 17.1 Å². The minimum Gasteiger partial charge on any atom is -0.491 e. The number of rotatable bonds is 7. The minimum atomic E-state index is 0.781. The van der Waals surface area contributed by atoms with Crippen LogP contribution in [0.3, 0.4) is 0 Å². The highest BCUT2D eigenvalue weighted by atomic mass is 127. The lowest BCUT2D eigenvalue weighted by atomic mass is 10.3. The van der Waals surface area contributed by atoms with Crippen LogP contribution in [0, 0.1) is 10.7 Å². The van der Waals surface area contributed by atoms with Crippen molar-refractivity contribution in [1.29, 1.82) is 0 Å². The van der Waals surface area contributed by atoms with Crippen molar-refractivity contribution in [2.45, 2.75) is 19.8 Å². The third-order valence-electron chi connectivity index (χ3n) is 2.13. The van der Waals surface area contributed by atoms with E-state index in [0.29, 0.717) is 0 Å². The fraction of sp³-hybridized carbons (Fsp3) is 0.500. The van der Waals surface area contributed by atoms with Crippen LogP contribution in [0.5, 0.6) is 5.75 Å². The van der Waals surface area contributed by atoms with Crippen molar-refractivity contribution < 1.29 is 4.74 Å². The average Bonchev–Trinajstić information content (AvgIpc) is 2.26. The molecule has 0 bridgehead atoms. The zero-order chi connectivity index (χ0) is 12.7. The van der Waals surface area contributed by atoms with Crippen LogP contribution in [0.1, 0.15) is 19.8 Å². The predicted octanol–water partition coefficient (Wildman–Crippen LogP) is 4.27. The van der Waals surface area contributed by atoms with Gasteiger partial charge in [-0.1, -0.05) is 6.92 Å². The van der Waals surface area contributed by atoms with Gasteiger partial charge in [0.15, 0.2) is 0 Å². The molecule has 0 saturated carbocycles. The van der Waals surface area contributed by atoms with Gasteiger partial charge in [-0.05, 0) is 106 Å². The van der Waals surface area contributed by atoms with Crippen LogP contribution in [0.25, 0.3) is 0 Å². The second kappa shape index (κ2) is 9.13. The van der Waals surface area contributed by atoms with Gasteiger partial charge in [0, 0.05) is 3.57 Å². The number of halogens is 3. The summed E-state index contributed by atoms with van der Waals surface area (Å²) in [6.07, 6.45) is 2.24. The third kappa shape index (κ3) is 6.24. The lowest BCUT2D eigenvalue weighted by Crippen LogP contribution is -2.18. The molecule has 0 radical (unpaired) electrons. The monoisotopic (exact) mass is 571 g/mol. The Hall–Kier alpha value is 1.17. The second-order valence-corrected chi connectivity index (χ2v) is 7.22. The zero-order valence-corrected chi connectivity index (χ0v) is 16.2. The fourth-order valence-corrected chi connectivity index (χ4v) is 5.23. The van der Waals surface area contributed by atoms with E-state index in [-0.39, 0.29) is 0 Å². The largest absolute Gasteiger partial charge is 0.491 e. The number of hydrogen-bond acceptors (Lipinski definition) is 2. The van der Waals surface area contributed by atoms with Crippen LogP contribution < -0.4 is 10.1 Å². The van der Waals surface area contributed by atoms with Gasteiger partial charge in [0.2, 0.25) is 0 Å². The van der Waals surface area contributed by atoms with Crippen molar-refractivity contribution in [1.82, 2.24) is 5.32 Å². The number of ether oxygens (including phenoxy) is 1. The minimum absolute atomic E-state index is 0.781. The molecule has 0 unspecified atom stereocenters. The summed E-state index contributed by atoms with van der Waals surface area (Å²) in [5.41, 5.74) is 0. The van der Waals surface area contributed by atoms with Crippen LogP contribution >= 0.6 is 67.8 Å². The van der Waals surface area contributed by atoms with Crippen LogP contribution in [-0.2, 0) is 0 Å². The summed E-state index contributed by atoms with van der Waals surface area (Å²) in [5.74, 6) is 1.03. The fourth-order valence-electron chi connectivity index (χ4n) is 1.34. The first kappa shape index (κ1) is 16.2. The number of hydrogen-bond donors (Lipinski definition) is 1. The Morgan fingerprint density at radius 1 is 1.12 bits per heavy atom. The molecule has 0 saturated heterocycles. The Bertz CT molecular complexity index is 335. The average molecular weight is 571 g/mol. The molecule has 0 fully saturated rings. The van der Waals surface area contributed by atoms with E-state index in [1.807, 2.05) is 0 Å². The number of nitrogens with one attached hydrogen (secondary N) is 1. The van der Waals surface area contributed by atoms with Crippen molar-refractivity contribution in [2.75, 3.05) is 19.7 Å². The predicted molar refractivity (Wildman–Crippen MR) is 97.9 cm³/mol. The lowest BCUT2D eigenvalue weighted by molar-refractivity contribution is 0.304. The standard InChI is InChI=1S/C12H16I3NO/c1-2-4-16-5-3-6-17-12-10(14)7-9(13)8-11(12)15/h7-8,16H,2-6H2,1H3. The van der Waals surface area contributed by atoms with Crippen LogP contribution in [0.15, 0.2) is 12.1 Å². The maximum atomic E-state index is 5.84. The molecule has 0 atom stereocenters. The summed E-state index contributed by atoms with van der Waals surface area (Å²) in [5, 5.41) is 3.37. The second-order valence-electron chi connectivity index (χ2n) is 3.65. The molecule has 0 spiro atoms. The quantitative estimate of drug-likeness (QED) is 0.391. The Morgan fingerprint density at radius 2 is 1.76 bits per heavy atom. The lowest BCUT2D eigenvalue weighted by Gasteiger charge is -2.11. The summed E-state index contributed by atoms with van der Waals surface area (Å²) in [7, 11) is 0. The highest BCUT2D eigenvalue weighted by Crippen LogP contribution is 2.29. The van der Waals surface area contributed by atoms with Crippen molar-refractivity contribution in [3.8, 4) is 5.75 Å². The van der Waals surface area contributed by atoms with Gasteiger partial charge in [-0.25, -0.2) is 0 Å². The van der Waals surface area contributed by atoms with E-state index in [1.54, 1.807) is 0 Å². The first-order valence-corrected chi connectivity index (χ1v) is 8.86. The van der Waals surface area contributed by atoms with Crippen molar-refractivity contribution >= 4 is 67.8 Å². The van der Waals surface area contributed by atoms with E-state index in [4.69, 9.17) is 4.74 Å². The normalized spacial score (nSPS) is 10.6. The molecule has 96 valence electrons. The summed E-state index contributed by atoms with van der Waals surface area (Å²) in [6.45, 7) is 5.09. The maximum absolute atomic E-state index is 5.84. The Labute approximate surface area is 144 Å². The van der Waals surface area contributed by atoms with E-state index >= 15 is 0 Å². The molecule has 1 aromatic rings. The molecule has 0 aromatic heterocycles. The van der Waals surface area contributed by atoms with Crippen molar-refractivity contribution in [3.63, 3.8) is 0 Å². The van der Waals surface area contributed by atoms with Crippen LogP contribution in [0.4, 0.5) is 0 Å². The molecule has 1 rings (SSSR count). The Balaban J connectivity index is 2.36. The highest BCUT2D eigenvalue weighted by molar-refractivity contribution is 14.1. The Kier molecular flexibility index (Phi) is 8.72. The van der Waals surface area contributed by atoms with E-state index in [2.05, 4.69) is 92.1 Å². The number of benzene rings is 1. The van der Waals surface area contributed by atoms with Gasteiger partial charge in [0.05, 0.1) is 13.7 Å². The van der Waals surface area contributed by atoms with Gasteiger partial charge in [0.25, 0.3) is 0 Å². The highest BCUT2D eigenvalue weighted by Gasteiger charge is 2.07. The molecule has 0 aliphatic rings. The van der Waals surface area contributed by atoms with E-state index in [0.717, 1.165) is 31.9 Å². The summed E-state index contributed by atoms with van der Waals surface area (Å²) >= 11 is 7.00. The van der Waals surface area contributed by atoms with Crippen molar-refractivity contribution in [3.05, 3.63) is 22.8 Å². The summed E-state index contributed by atoms with van der Waals surface area (Å²) in [6, 6.07) is 4.29. The smallest absolute Gasteiger partial charge is 0.145 e. The van der Waals surface area contributed by atoms with Crippen LogP contribution in [-0.4, -0.2) is 19.7 Å². The molecule has 0 aliphatic carbocycles. The summed E-state index contributed by atoms with van der Waals surface area (Å²) in [4.78, 5) is 0. The third-order valence-corrected chi connectivity index (χ3v) is 4.36. The molecule has 17 heavy (non-hydrogen) atoms. The van der Waals surface area contributed by atoms with Gasteiger partial charge >= 0.3 is 0 Å². The van der Waals surface area contributed by atoms with Gasteiger partial charge in [-0.15, -0.1) is 0 Å². The summed E-state index contributed by atoms with van der Waals surface area (Å²) < 4.78 is 9.49. The zero-order valence-electron chi connectivity index (χ0n) is 9.73. The van der Waals surface area contributed by atoms with E-state index < -0.39 is 0 Å². The van der Waals surface area contributed by atoms with Gasteiger partial charge in [0.1, 0.15) is 5.75 Å². The SMILES string of the molecule is CCCNCCCOc1c(I)cc(I)cc1I. The maximum Gasteiger partial charge on any atom is 0.145 e. The molecular weight excluding hydrogens is 555 g/mol. The molecule has 5 heteroatoms. The van der Waals surface area contributed by atoms with Gasteiger partial charge in [-0.2, -0.15) is 0 Å². The topological polar surface area (TPSA) is 21.3 Å². The first-order valence-electron chi connectivity index (χ1n) is 5.63. The van der Waals surface area contributed by atoms with Crippen molar-refractivity contribution in [2.24, 2.45) is 0 Å². The van der Waals surface area contributed by atoms with Gasteiger partial charge < -0.3 is 10.1 Å². The molecule has 2 nitrogen and oxygen atoms in total. The molecule has 0 amide bonds. The first-order chi connectivity index (χ1) is 8.15.